The van der Waals surface area contributed by atoms with Crippen LogP contribution in [-0.4, -0.2) is 27.8 Å². The van der Waals surface area contributed by atoms with Crippen LogP contribution in [0.15, 0.2) is 24.5 Å². The van der Waals surface area contributed by atoms with Gasteiger partial charge in [0.1, 0.15) is 0 Å². The number of H-pyrrole nitrogens is 1. The standard InChI is InChI=1S/C18H23N5O2/c24-18(22-15-3-1-2-14-10-21-23-17(14)15)20-9-13-6-7-19-16(8-13)25-11-12-4-5-12/h6-8,10,12,15H,1-5,9,11H2,(H,21,23)(H2,20,22,24). The van der Waals surface area contributed by atoms with Crippen LogP contribution in [0.2, 0.25) is 0 Å². The van der Waals surface area contributed by atoms with Crippen molar-refractivity contribution in [1.29, 1.82) is 0 Å². The molecule has 7 heteroatoms. The summed E-state index contributed by atoms with van der Waals surface area (Å²) in [6.07, 6.45) is 9.07. The summed E-state index contributed by atoms with van der Waals surface area (Å²) in [4.78, 5) is 16.4. The van der Waals surface area contributed by atoms with Gasteiger partial charge >= 0.3 is 6.03 Å². The molecule has 7 nitrogen and oxygen atoms in total. The Morgan fingerprint density at radius 3 is 3.16 bits per heavy atom. The second kappa shape index (κ2) is 7.13. The predicted molar refractivity (Wildman–Crippen MR) is 92.1 cm³/mol. The van der Waals surface area contributed by atoms with Crippen LogP contribution in [0, 0.1) is 5.92 Å². The van der Waals surface area contributed by atoms with E-state index in [1.807, 2.05) is 18.3 Å². The number of amides is 2. The van der Waals surface area contributed by atoms with Crippen LogP contribution in [0.25, 0.3) is 0 Å². The van der Waals surface area contributed by atoms with Crippen molar-refractivity contribution >= 4 is 6.03 Å². The van der Waals surface area contributed by atoms with Crippen molar-refractivity contribution in [2.75, 3.05) is 6.61 Å². The minimum Gasteiger partial charge on any atom is -0.477 e. The molecule has 0 spiro atoms. The Hall–Kier alpha value is -2.57. The fourth-order valence-electron chi connectivity index (χ4n) is 3.13. The number of carbonyl (C=O) groups is 1. The summed E-state index contributed by atoms with van der Waals surface area (Å²) in [5.74, 6) is 1.32. The Bertz CT molecular complexity index is 741. The number of nitrogens with zero attached hydrogens (tertiary/aromatic N) is 2. The summed E-state index contributed by atoms with van der Waals surface area (Å²) in [5, 5.41) is 13.0. The van der Waals surface area contributed by atoms with Crippen LogP contribution in [0.5, 0.6) is 5.88 Å². The van der Waals surface area contributed by atoms with Crippen LogP contribution in [0.4, 0.5) is 4.79 Å². The van der Waals surface area contributed by atoms with Gasteiger partial charge in [-0.25, -0.2) is 9.78 Å². The summed E-state index contributed by atoms with van der Waals surface area (Å²) in [6.45, 7) is 1.18. The number of rotatable bonds is 6. The number of hydrogen-bond donors (Lipinski definition) is 3. The van der Waals surface area contributed by atoms with Gasteiger partial charge in [-0.3, -0.25) is 5.10 Å². The first-order valence-electron chi connectivity index (χ1n) is 8.92. The van der Waals surface area contributed by atoms with E-state index in [0.29, 0.717) is 18.3 Å². The number of hydrogen-bond acceptors (Lipinski definition) is 4. The van der Waals surface area contributed by atoms with Gasteiger partial charge in [0.25, 0.3) is 0 Å². The van der Waals surface area contributed by atoms with E-state index in [1.54, 1.807) is 6.20 Å². The molecule has 2 aromatic heterocycles. The Kier molecular flexibility index (Phi) is 4.54. The van der Waals surface area contributed by atoms with Gasteiger partial charge in [-0.1, -0.05) is 0 Å². The Labute approximate surface area is 146 Å². The number of aromatic nitrogens is 3. The van der Waals surface area contributed by atoms with Crippen molar-refractivity contribution in [2.45, 2.75) is 44.7 Å². The van der Waals surface area contributed by atoms with Gasteiger partial charge in [0.05, 0.1) is 24.5 Å². The smallest absolute Gasteiger partial charge is 0.315 e. The zero-order chi connectivity index (χ0) is 17.1. The molecular formula is C18H23N5O2. The monoisotopic (exact) mass is 341 g/mol. The van der Waals surface area contributed by atoms with Crippen LogP contribution >= 0.6 is 0 Å². The summed E-state index contributed by atoms with van der Waals surface area (Å²) < 4.78 is 5.68. The molecule has 0 saturated heterocycles. The van der Waals surface area contributed by atoms with E-state index in [1.165, 1.54) is 18.4 Å². The van der Waals surface area contributed by atoms with Crippen molar-refractivity contribution in [3.05, 3.63) is 41.3 Å². The van der Waals surface area contributed by atoms with Crippen LogP contribution in [0.1, 0.15) is 48.5 Å². The van der Waals surface area contributed by atoms with E-state index in [9.17, 15) is 4.79 Å². The van der Waals surface area contributed by atoms with Crippen molar-refractivity contribution in [3.63, 3.8) is 0 Å². The zero-order valence-electron chi connectivity index (χ0n) is 14.1. The second-order valence-corrected chi connectivity index (χ2v) is 6.84. The van der Waals surface area contributed by atoms with E-state index in [-0.39, 0.29) is 12.1 Å². The highest BCUT2D eigenvalue weighted by atomic mass is 16.5. The molecule has 2 aliphatic carbocycles. The van der Waals surface area contributed by atoms with Crippen molar-refractivity contribution in [3.8, 4) is 5.88 Å². The quantitative estimate of drug-likeness (QED) is 0.752. The molecule has 0 aromatic carbocycles. The summed E-state index contributed by atoms with van der Waals surface area (Å²) in [6, 6.07) is 3.60. The lowest BCUT2D eigenvalue weighted by Gasteiger charge is -2.23. The van der Waals surface area contributed by atoms with E-state index in [4.69, 9.17) is 4.74 Å². The van der Waals surface area contributed by atoms with Crippen LogP contribution < -0.4 is 15.4 Å². The number of aryl methyl sites for hydroxylation is 1. The first kappa shape index (κ1) is 15.9. The molecule has 0 radical (unpaired) electrons. The summed E-state index contributed by atoms with van der Waals surface area (Å²) in [7, 11) is 0. The van der Waals surface area contributed by atoms with Gasteiger partial charge in [-0.2, -0.15) is 5.10 Å². The SMILES string of the molecule is O=C(NCc1ccnc(OCC2CC2)c1)NC1CCCc2cn[nH]c21. The summed E-state index contributed by atoms with van der Waals surface area (Å²) >= 11 is 0. The molecule has 0 bridgehead atoms. The zero-order valence-corrected chi connectivity index (χ0v) is 14.1. The number of ether oxygens (including phenoxy) is 1. The highest BCUT2D eigenvalue weighted by Crippen LogP contribution is 2.29. The Morgan fingerprint density at radius 2 is 2.28 bits per heavy atom. The Morgan fingerprint density at radius 1 is 1.36 bits per heavy atom. The molecule has 2 aliphatic rings. The first-order chi connectivity index (χ1) is 12.3. The molecule has 25 heavy (non-hydrogen) atoms. The maximum atomic E-state index is 12.2. The number of fused-ring (bicyclic) bond motifs is 1. The first-order valence-corrected chi connectivity index (χ1v) is 8.92. The topological polar surface area (TPSA) is 91.9 Å². The molecule has 132 valence electrons. The van der Waals surface area contributed by atoms with Gasteiger partial charge in [0.2, 0.25) is 5.88 Å². The van der Waals surface area contributed by atoms with Crippen LogP contribution in [-0.2, 0) is 13.0 Å². The Balaban J connectivity index is 1.28. The molecule has 1 unspecified atom stereocenters. The number of nitrogens with one attached hydrogen (secondary N) is 3. The number of carbonyl (C=O) groups excluding carboxylic acids is 1. The van der Waals surface area contributed by atoms with Crippen molar-refractivity contribution in [2.24, 2.45) is 5.92 Å². The minimum atomic E-state index is -0.176. The average Bonchev–Trinajstić information content (AvgIpc) is 3.33. The normalized spacial score (nSPS) is 19.1. The maximum absolute atomic E-state index is 12.2. The van der Waals surface area contributed by atoms with Crippen molar-refractivity contribution in [1.82, 2.24) is 25.8 Å². The molecule has 2 amide bonds. The lowest BCUT2D eigenvalue weighted by atomic mass is 9.94. The molecule has 2 aromatic rings. The fraction of sp³-hybridized carbons (Fsp3) is 0.500. The van der Waals surface area contributed by atoms with Gasteiger partial charge in [-0.15, -0.1) is 0 Å². The summed E-state index contributed by atoms with van der Waals surface area (Å²) in [5.41, 5.74) is 3.20. The molecule has 1 saturated carbocycles. The molecule has 1 atom stereocenters. The highest BCUT2D eigenvalue weighted by Gasteiger charge is 2.23. The maximum Gasteiger partial charge on any atom is 0.315 e. The minimum absolute atomic E-state index is 0.00104. The van der Waals surface area contributed by atoms with E-state index < -0.39 is 0 Å². The van der Waals surface area contributed by atoms with Gasteiger partial charge < -0.3 is 15.4 Å². The lowest BCUT2D eigenvalue weighted by molar-refractivity contribution is 0.234. The van der Waals surface area contributed by atoms with Gasteiger partial charge in [0.15, 0.2) is 0 Å². The molecule has 4 rings (SSSR count). The van der Waals surface area contributed by atoms with Crippen molar-refractivity contribution < 1.29 is 9.53 Å². The van der Waals surface area contributed by atoms with Gasteiger partial charge in [-0.05, 0) is 55.2 Å². The predicted octanol–water partition coefficient (Wildman–Crippen LogP) is 2.47. The molecule has 3 N–H and O–H groups in total. The molecule has 1 fully saturated rings. The molecular weight excluding hydrogens is 318 g/mol. The van der Waals surface area contributed by atoms with Crippen LogP contribution in [0.3, 0.4) is 0 Å². The lowest BCUT2D eigenvalue weighted by Crippen LogP contribution is -2.38. The third-order valence-electron chi connectivity index (χ3n) is 4.76. The third-order valence-corrected chi connectivity index (χ3v) is 4.76. The third kappa shape index (κ3) is 4.10. The average molecular weight is 341 g/mol. The van der Waals surface area contributed by atoms with Gasteiger partial charge in [0, 0.05) is 18.8 Å². The number of aromatic amines is 1. The van der Waals surface area contributed by atoms with E-state index >= 15 is 0 Å². The van der Waals surface area contributed by atoms with E-state index in [0.717, 1.165) is 37.1 Å². The number of pyridine rings is 1. The highest BCUT2D eigenvalue weighted by molar-refractivity contribution is 5.74. The largest absolute Gasteiger partial charge is 0.477 e. The number of urea groups is 1. The molecule has 2 heterocycles. The second-order valence-electron chi connectivity index (χ2n) is 6.84. The van der Waals surface area contributed by atoms with E-state index in [2.05, 4.69) is 25.8 Å². The molecule has 0 aliphatic heterocycles. The fourth-order valence-corrected chi connectivity index (χ4v) is 3.13.